The van der Waals surface area contributed by atoms with E-state index in [4.69, 9.17) is 9.47 Å². The van der Waals surface area contributed by atoms with Crippen LogP contribution in [0.15, 0.2) is 22.6 Å². The highest BCUT2D eigenvalue weighted by Gasteiger charge is 2.42. The number of hydrogen-bond acceptors (Lipinski definition) is 9. The van der Waals surface area contributed by atoms with E-state index in [2.05, 4.69) is 16.4 Å². The molecule has 0 bridgehead atoms. The van der Waals surface area contributed by atoms with Gasteiger partial charge in [-0.25, -0.2) is 9.78 Å². The van der Waals surface area contributed by atoms with Crippen molar-refractivity contribution >= 4 is 35.3 Å². The minimum atomic E-state index is -1.27. The average molecular weight is 607 g/mol. The van der Waals surface area contributed by atoms with E-state index in [1.165, 1.54) is 11.3 Å². The van der Waals surface area contributed by atoms with Crippen molar-refractivity contribution < 1.29 is 34.1 Å². The summed E-state index contributed by atoms with van der Waals surface area (Å²) in [5.41, 5.74) is 0.772. The molecule has 0 aromatic carbocycles. The maximum Gasteiger partial charge on any atom is 0.408 e. The van der Waals surface area contributed by atoms with Crippen molar-refractivity contribution in [2.75, 3.05) is 0 Å². The smallest absolute Gasteiger partial charge is 0.408 e. The second-order valence-corrected chi connectivity index (χ2v) is 14.1. The van der Waals surface area contributed by atoms with Gasteiger partial charge in [0.05, 0.1) is 36.3 Å². The molecule has 1 aromatic heterocycles. The van der Waals surface area contributed by atoms with Crippen LogP contribution in [0, 0.1) is 17.3 Å². The molecule has 1 aliphatic heterocycles. The fraction of sp³-hybridized carbons (Fsp3) is 0.688. The van der Waals surface area contributed by atoms with E-state index < -0.39 is 47.3 Å². The maximum atomic E-state index is 13.3. The summed E-state index contributed by atoms with van der Waals surface area (Å²) in [7, 11) is 0. The number of cyclic esters (lactones) is 1. The number of ketones is 1. The summed E-state index contributed by atoms with van der Waals surface area (Å²) in [4.78, 5) is 42.8. The second kappa shape index (κ2) is 15.3. The molecular formula is C32H50N2O7S. The SMILES string of the molecule is C/C1=C/CC(/C(C)=C/c2csc(CNC(=O)OC(C)(C)C)n2)OC(=O)C[C@H](O)C(C)(C)C(=O)[C@H](C)[C@@H](O)[C@H](C)CCC1. The van der Waals surface area contributed by atoms with Gasteiger partial charge in [-0.2, -0.15) is 0 Å². The van der Waals surface area contributed by atoms with Crippen LogP contribution in [0.3, 0.4) is 0 Å². The molecule has 0 saturated heterocycles. The van der Waals surface area contributed by atoms with Gasteiger partial charge in [0.25, 0.3) is 0 Å². The fourth-order valence-corrected chi connectivity index (χ4v) is 5.58. The summed E-state index contributed by atoms with van der Waals surface area (Å²) in [5, 5.41) is 27.0. The number of nitrogens with one attached hydrogen (secondary N) is 1. The number of aliphatic hydroxyl groups excluding tert-OH is 2. The third-order valence-corrected chi connectivity index (χ3v) is 8.62. The van der Waals surface area contributed by atoms with Gasteiger partial charge in [-0.05, 0) is 71.4 Å². The van der Waals surface area contributed by atoms with Crippen molar-refractivity contribution in [3.8, 4) is 0 Å². The summed E-state index contributed by atoms with van der Waals surface area (Å²) < 4.78 is 11.1. The maximum absolute atomic E-state index is 13.3. The van der Waals surface area contributed by atoms with E-state index in [-0.39, 0.29) is 24.7 Å². The van der Waals surface area contributed by atoms with Crippen LogP contribution in [0.4, 0.5) is 4.79 Å². The molecule has 1 aliphatic rings. The Hall–Kier alpha value is -2.56. The lowest BCUT2D eigenvalue weighted by Crippen LogP contribution is -2.45. The first kappa shape index (κ1) is 35.6. The summed E-state index contributed by atoms with van der Waals surface area (Å²) in [6.07, 6.45) is 3.26. The number of allylic oxidation sites excluding steroid dienone is 1. The zero-order valence-electron chi connectivity index (χ0n) is 26.7. The van der Waals surface area contributed by atoms with Crippen molar-refractivity contribution in [2.24, 2.45) is 17.3 Å². The third-order valence-electron chi connectivity index (χ3n) is 7.76. The molecule has 0 spiro atoms. The van der Waals surface area contributed by atoms with Crippen molar-refractivity contribution in [3.63, 3.8) is 0 Å². The number of carbonyl (C=O) groups excluding carboxylic acids is 3. The van der Waals surface area contributed by atoms with Gasteiger partial charge >= 0.3 is 12.1 Å². The van der Waals surface area contributed by atoms with Gasteiger partial charge in [0, 0.05) is 17.7 Å². The number of amides is 1. The lowest BCUT2D eigenvalue weighted by Gasteiger charge is -2.34. The number of rotatable bonds is 4. The number of Topliss-reactive ketones (excluding diaryl/α,β-unsaturated/α-hetero) is 1. The molecule has 1 amide bonds. The lowest BCUT2D eigenvalue weighted by atomic mass is 9.73. The Morgan fingerprint density at radius 1 is 1.26 bits per heavy atom. The van der Waals surface area contributed by atoms with Crippen LogP contribution in [-0.2, 0) is 25.6 Å². The molecule has 2 heterocycles. The van der Waals surface area contributed by atoms with Gasteiger partial charge in [0.2, 0.25) is 0 Å². The predicted octanol–water partition coefficient (Wildman–Crippen LogP) is 5.98. The van der Waals surface area contributed by atoms with E-state index in [0.29, 0.717) is 17.1 Å². The van der Waals surface area contributed by atoms with Crippen molar-refractivity contribution in [2.45, 2.75) is 125 Å². The summed E-state index contributed by atoms with van der Waals surface area (Å²) in [5.74, 6) is -1.65. The van der Waals surface area contributed by atoms with Crippen molar-refractivity contribution in [1.29, 1.82) is 0 Å². The highest BCUT2D eigenvalue weighted by atomic mass is 32.1. The van der Waals surface area contributed by atoms with Crippen LogP contribution >= 0.6 is 11.3 Å². The van der Waals surface area contributed by atoms with Gasteiger partial charge in [0.15, 0.2) is 0 Å². The zero-order chi connectivity index (χ0) is 31.8. The highest BCUT2D eigenvalue weighted by Crippen LogP contribution is 2.32. The molecule has 3 N–H and O–H groups in total. The number of ether oxygens (including phenoxy) is 2. The molecule has 0 aliphatic carbocycles. The number of hydrogen-bond donors (Lipinski definition) is 3. The highest BCUT2D eigenvalue weighted by molar-refractivity contribution is 7.09. The monoisotopic (exact) mass is 606 g/mol. The topological polar surface area (TPSA) is 135 Å². The van der Waals surface area contributed by atoms with Crippen LogP contribution in [0.1, 0.15) is 105 Å². The molecule has 5 atom stereocenters. The second-order valence-electron chi connectivity index (χ2n) is 13.1. The molecular weight excluding hydrogens is 556 g/mol. The minimum absolute atomic E-state index is 0.0807. The van der Waals surface area contributed by atoms with Gasteiger partial charge in [0.1, 0.15) is 22.5 Å². The van der Waals surface area contributed by atoms with Crippen LogP contribution in [0.5, 0.6) is 0 Å². The van der Waals surface area contributed by atoms with E-state index in [0.717, 1.165) is 30.4 Å². The molecule has 10 heteroatoms. The summed E-state index contributed by atoms with van der Waals surface area (Å²) >= 11 is 1.40. The summed E-state index contributed by atoms with van der Waals surface area (Å²) in [6, 6.07) is 0. The van der Waals surface area contributed by atoms with Crippen LogP contribution in [0.2, 0.25) is 0 Å². The van der Waals surface area contributed by atoms with E-state index >= 15 is 0 Å². The molecule has 1 aromatic rings. The number of carbonyl (C=O) groups is 3. The lowest BCUT2D eigenvalue weighted by molar-refractivity contribution is -0.154. The van der Waals surface area contributed by atoms with Crippen molar-refractivity contribution in [1.82, 2.24) is 10.3 Å². The van der Waals surface area contributed by atoms with Crippen molar-refractivity contribution in [3.05, 3.63) is 33.3 Å². The number of alkyl carbamates (subject to hydrolysis) is 1. The van der Waals surface area contributed by atoms with Gasteiger partial charge in [-0.15, -0.1) is 11.3 Å². The Labute approximate surface area is 254 Å². The van der Waals surface area contributed by atoms with Crippen LogP contribution in [0.25, 0.3) is 6.08 Å². The zero-order valence-corrected chi connectivity index (χ0v) is 27.5. The van der Waals surface area contributed by atoms with Gasteiger partial charge < -0.3 is 25.0 Å². The van der Waals surface area contributed by atoms with E-state index in [1.807, 2.05) is 32.2 Å². The first-order valence-electron chi connectivity index (χ1n) is 14.8. The Bertz CT molecular complexity index is 1150. The van der Waals surface area contributed by atoms with E-state index in [9.17, 15) is 24.6 Å². The number of esters is 1. The van der Waals surface area contributed by atoms with Crippen LogP contribution in [-0.4, -0.2) is 57.0 Å². The largest absolute Gasteiger partial charge is 0.457 e. The molecule has 1 unspecified atom stereocenters. The number of aromatic nitrogens is 1. The molecule has 236 valence electrons. The van der Waals surface area contributed by atoms with E-state index in [1.54, 1.807) is 41.5 Å². The average Bonchev–Trinajstić information content (AvgIpc) is 3.33. The summed E-state index contributed by atoms with van der Waals surface area (Å²) in [6.45, 7) is 16.4. The Kier molecular flexibility index (Phi) is 12.9. The molecule has 0 saturated carbocycles. The first-order chi connectivity index (χ1) is 19.4. The van der Waals surface area contributed by atoms with Gasteiger partial charge in [-0.3, -0.25) is 9.59 Å². The normalized spacial score (nSPS) is 28.4. The first-order valence-corrected chi connectivity index (χ1v) is 15.6. The molecule has 0 radical (unpaired) electrons. The standard InChI is InChI=1S/C32H50N2O7S/c1-19-11-10-12-20(2)28(37)22(4)29(38)32(8,9)25(35)16-27(36)40-24(14-13-19)21(3)15-23-18-42-26(34-23)17-33-30(39)41-31(5,6)7/h13,15,18,20,22,24-25,28,35,37H,10-12,14,16-17H2,1-9H3,(H,33,39)/b19-13-,21-15+/t20-,22-,24?,25+,28+/m1/s1. The third kappa shape index (κ3) is 10.9. The fourth-order valence-electron chi connectivity index (χ4n) is 4.89. The Morgan fingerprint density at radius 3 is 2.57 bits per heavy atom. The van der Waals surface area contributed by atoms with Gasteiger partial charge in [-0.1, -0.05) is 39.3 Å². The Morgan fingerprint density at radius 2 is 1.93 bits per heavy atom. The molecule has 2 rings (SSSR count). The Balaban J connectivity index is 2.24. The molecule has 0 fully saturated rings. The molecule has 9 nitrogen and oxygen atoms in total. The predicted molar refractivity (Wildman–Crippen MR) is 165 cm³/mol. The number of thiazole rings is 1. The number of nitrogens with zero attached hydrogens (tertiary/aromatic N) is 1. The quantitative estimate of drug-likeness (QED) is 0.281. The number of aliphatic hydroxyl groups is 2. The molecule has 42 heavy (non-hydrogen) atoms. The van der Waals surface area contributed by atoms with Crippen LogP contribution < -0.4 is 5.32 Å². The minimum Gasteiger partial charge on any atom is -0.457 e.